The number of nitrogens with one attached hydrogen (secondary N) is 1. The van der Waals surface area contributed by atoms with E-state index in [9.17, 15) is 18.0 Å². The molecule has 0 spiro atoms. The first-order chi connectivity index (χ1) is 15.6. The van der Waals surface area contributed by atoms with Crippen LogP contribution in [-0.4, -0.2) is 80.7 Å². The molecule has 0 aromatic heterocycles. The van der Waals surface area contributed by atoms with Gasteiger partial charge in [0.25, 0.3) is 0 Å². The molecule has 2 aromatic carbocycles. The highest BCUT2D eigenvalue weighted by Gasteiger charge is 2.29. The third-order valence-electron chi connectivity index (χ3n) is 5.69. The Hall–Kier alpha value is -2.46. The molecule has 1 aliphatic rings. The maximum absolute atomic E-state index is 12.8. The predicted molar refractivity (Wildman–Crippen MR) is 129 cm³/mol. The number of amides is 2. The number of nitrogens with zero attached hydrogens (tertiary/aromatic N) is 3. The normalized spacial score (nSPS) is 15.3. The fourth-order valence-corrected chi connectivity index (χ4v) is 5.24. The number of carbonyl (C=O) groups is 2. The van der Waals surface area contributed by atoms with Gasteiger partial charge in [0.2, 0.25) is 21.8 Å². The second-order valence-electron chi connectivity index (χ2n) is 8.20. The number of anilines is 1. The summed E-state index contributed by atoms with van der Waals surface area (Å²) in [5.74, 6) is -0.456. The average molecular weight is 493 g/mol. The SMILES string of the molecule is Cc1cccc(C)c1NC(=O)CN(C)C(=O)CN1CCN(S(=O)(=O)c2ccc(Cl)cc2)CC1. The van der Waals surface area contributed by atoms with Crippen molar-refractivity contribution in [1.82, 2.24) is 14.1 Å². The topological polar surface area (TPSA) is 90.0 Å². The van der Waals surface area contributed by atoms with Gasteiger partial charge in [-0.2, -0.15) is 4.31 Å². The van der Waals surface area contributed by atoms with Crippen molar-refractivity contribution >= 4 is 39.1 Å². The first kappa shape index (κ1) is 25.2. The molecule has 2 aromatic rings. The summed E-state index contributed by atoms with van der Waals surface area (Å²) in [6.45, 7) is 5.35. The molecule has 0 saturated carbocycles. The Morgan fingerprint density at radius 1 is 1.00 bits per heavy atom. The van der Waals surface area contributed by atoms with Gasteiger partial charge in [-0.3, -0.25) is 14.5 Å². The highest BCUT2D eigenvalue weighted by molar-refractivity contribution is 7.89. The number of para-hydroxylation sites is 1. The van der Waals surface area contributed by atoms with Gasteiger partial charge in [-0.1, -0.05) is 29.8 Å². The molecule has 178 valence electrons. The van der Waals surface area contributed by atoms with Gasteiger partial charge in [-0.25, -0.2) is 8.42 Å². The van der Waals surface area contributed by atoms with Crippen LogP contribution >= 0.6 is 11.6 Å². The van der Waals surface area contributed by atoms with Gasteiger partial charge in [-0.05, 0) is 49.2 Å². The number of likely N-dealkylation sites (N-methyl/N-ethyl adjacent to an activating group) is 1. The van der Waals surface area contributed by atoms with Gasteiger partial charge < -0.3 is 10.2 Å². The minimum absolute atomic E-state index is 0.0580. The zero-order valence-electron chi connectivity index (χ0n) is 19.0. The van der Waals surface area contributed by atoms with E-state index < -0.39 is 10.0 Å². The maximum atomic E-state index is 12.8. The Kier molecular flexibility index (Phi) is 8.12. The lowest BCUT2D eigenvalue weighted by atomic mass is 10.1. The monoisotopic (exact) mass is 492 g/mol. The summed E-state index contributed by atoms with van der Waals surface area (Å²) in [6, 6.07) is 11.9. The number of hydrogen-bond acceptors (Lipinski definition) is 5. The van der Waals surface area contributed by atoms with E-state index >= 15 is 0 Å². The molecule has 0 atom stereocenters. The van der Waals surface area contributed by atoms with E-state index in [0.29, 0.717) is 18.1 Å². The molecule has 1 saturated heterocycles. The Balaban J connectivity index is 1.49. The van der Waals surface area contributed by atoms with Crippen molar-refractivity contribution in [3.8, 4) is 0 Å². The van der Waals surface area contributed by atoms with Gasteiger partial charge in [0, 0.05) is 43.9 Å². The first-order valence-corrected chi connectivity index (χ1v) is 12.5. The minimum Gasteiger partial charge on any atom is -0.335 e. The Morgan fingerprint density at radius 2 is 1.58 bits per heavy atom. The number of hydrogen-bond donors (Lipinski definition) is 1. The molecule has 0 bridgehead atoms. The van der Waals surface area contributed by atoms with E-state index in [4.69, 9.17) is 11.6 Å². The van der Waals surface area contributed by atoms with Crippen LogP contribution in [0.4, 0.5) is 5.69 Å². The largest absolute Gasteiger partial charge is 0.335 e. The van der Waals surface area contributed by atoms with Gasteiger partial charge in [0.05, 0.1) is 18.0 Å². The van der Waals surface area contributed by atoms with Crippen LogP contribution in [-0.2, 0) is 19.6 Å². The molecule has 0 unspecified atom stereocenters. The van der Waals surface area contributed by atoms with E-state index in [0.717, 1.165) is 16.8 Å². The van der Waals surface area contributed by atoms with Crippen LogP contribution in [0.1, 0.15) is 11.1 Å². The summed E-state index contributed by atoms with van der Waals surface area (Å²) in [5, 5.41) is 3.36. The lowest BCUT2D eigenvalue weighted by Gasteiger charge is -2.34. The van der Waals surface area contributed by atoms with Crippen LogP contribution in [0.5, 0.6) is 0 Å². The average Bonchev–Trinajstić information content (AvgIpc) is 2.77. The van der Waals surface area contributed by atoms with Crippen LogP contribution in [0.2, 0.25) is 5.02 Å². The summed E-state index contributed by atoms with van der Waals surface area (Å²) in [5.41, 5.74) is 2.69. The molecule has 1 fully saturated rings. The number of rotatable bonds is 7. The molecule has 8 nitrogen and oxygen atoms in total. The van der Waals surface area contributed by atoms with Crippen LogP contribution in [0, 0.1) is 13.8 Å². The highest BCUT2D eigenvalue weighted by atomic mass is 35.5. The molecule has 33 heavy (non-hydrogen) atoms. The molecule has 10 heteroatoms. The zero-order valence-corrected chi connectivity index (χ0v) is 20.6. The third-order valence-corrected chi connectivity index (χ3v) is 7.86. The smallest absolute Gasteiger partial charge is 0.243 e. The number of benzene rings is 2. The standard InChI is InChI=1S/C23H29ClN4O4S/c1-17-5-4-6-18(2)23(17)25-21(29)15-26(3)22(30)16-27-11-13-28(14-12-27)33(31,32)20-9-7-19(24)8-10-20/h4-10H,11-16H2,1-3H3,(H,25,29). The second-order valence-corrected chi connectivity index (χ2v) is 10.6. The Morgan fingerprint density at radius 3 is 2.15 bits per heavy atom. The highest BCUT2D eigenvalue weighted by Crippen LogP contribution is 2.20. The van der Waals surface area contributed by atoms with E-state index in [1.165, 1.54) is 21.3 Å². The quantitative estimate of drug-likeness (QED) is 0.640. The van der Waals surface area contributed by atoms with Crippen molar-refractivity contribution in [2.75, 3.05) is 51.6 Å². The van der Waals surface area contributed by atoms with E-state index in [-0.39, 0.29) is 42.9 Å². The third kappa shape index (κ3) is 6.32. The number of piperazine rings is 1. The van der Waals surface area contributed by atoms with Crippen molar-refractivity contribution < 1.29 is 18.0 Å². The van der Waals surface area contributed by atoms with Crippen molar-refractivity contribution in [3.63, 3.8) is 0 Å². The maximum Gasteiger partial charge on any atom is 0.243 e. The van der Waals surface area contributed by atoms with E-state index in [2.05, 4.69) is 5.32 Å². The van der Waals surface area contributed by atoms with Crippen molar-refractivity contribution in [3.05, 3.63) is 58.6 Å². The number of sulfonamides is 1. The van der Waals surface area contributed by atoms with Crippen LogP contribution < -0.4 is 5.32 Å². The Bertz CT molecular complexity index is 1090. The summed E-state index contributed by atoms with van der Waals surface area (Å²) in [4.78, 5) is 28.5. The molecule has 0 radical (unpaired) electrons. The predicted octanol–water partition coefficient (Wildman–Crippen LogP) is 2.36. The first-order valence-electron chi connectivity index (χ1n) is 10.7. The Labute approximate surface area is 200 Å². The minimum atomic E-state index is -3.60. The van der Waals surface area contributed by atoms with Crippen LogP contribution in [0.3, 0.4) is 0 Å². The van der Waals surface area contributed by atoms with Crippen LogP contribution in [0.15, 0.2) is 47.4 Å². The summed E-state index contributed by atoms with van der Waals surface area (Å²) in [6.07, 6.45) is 0. The molecular weight excluding hydrogens is 464 g/mol. The molecule has 3 rings (SSSR count). The van der Waals surface area contributed by atoms with E-state index in [1.807, 2.05) is 36.9 Å². The molecule has 1 heterocycles. The molecule has 1 N–H and O–H groups in total. The van der Waals surface area contributed by atoms with Gasteiger partial charge in [0.1, 0.15) is 0 Å². The van der Waals surface area contributed by atoms with Crippen LogP contribution in [0.25, 0.3) is 0 Å². The van der Waals surface area contributed by atoms with Crippen molar-refractivity contribution in [2.45, 2.75) is 18.7 Å². The summed E-state index contributed by atoms with van der Waals surface area (Å²) >= 11 is 5.85. The van der Waals surface area contributed by atoms with Crippen molar-refractivity contribution in [2.24, 2.45) is 0 Å². The molecular formula is C23H29ClN4O4S. The lowest BCUT2D eigenvalue weighted by molar-refractivity contribution is -0.134. The van der Waals surface area contributed by atoms with E-state index in [1.54, 1.807) is 19.2 Å². The fourth-order valence-electron chi connectivity index (χ4n) is 3.69. The molecule has 1 aliphatic heterocycles. The van der Waals surface area contributed by atoms with Crippen molar-refractivity contribution in [1.29, 1.82) is 0 Å². The van der Waals surface area contributed by atoms with Gasteiger partial charge in [-0.15, -0.1) is 0 Å². The fraction of sp³-hybridized carbons (Fsp3) is 0.391. The zero-order chi connectivity index (χ0) is 24.2. The second kappa shape index (κ2) is 10.6. The van der Waals surface area contributed by atoms with Gasteiger partial charge >= 0.3 is 0 Å². The van der Waals surface area contributed by atoms with Gasteiger partial charge in [0.15, 0.2) is 0 Å². The number of carbonyl (C=O) groups excluding carboxylic acids is 2. The number of aryl methyl sites for hydroxylation is 2. The lowest BCUT2D eigenvalue weighted by Crippen LogP contribution is -2.51. The molecule has 2 amide bonds. The molecule has 0 aliphatic carbocycles. The number of halogens is 1. The summed E-state index contributed by atoms with van der Waals surface area (Å²) < 4.78 is 27.0. The summed E-state index contributed by atoms with van der Waals surface area (Å²) in [7, 11) is -2.01.